The van der Waals surface area contributed by atoms with Crippen LogP contribution in [0.3, 0.4) is 0 Å². The summed E-state index contributed by atoms with van der Waals surface area (Å²) < 4.78 is 0. The fraction of sp³-hybridized carbons (Fsp3) is 0.400. The van der Waals surface area contributed by atoms with Crippen LogP contribution in [0.15, 0.2) is 42.5 Å². The van der Waals surface area contributed by atoms with Gasteiger partial charge in [0.1, 0.15) is 0 Å². The maximum absolute atomic E-state index is 3.92. The smallest absolute Gasteiger partial charge is 0.0646 e. The minimum Gasteiger partial charge on any atom is -0.377 e. The maximum atomic E-state index is 3.92. The molecule has 1 aromatic carbocycles. The predicted molar refractivity (Wildman–Crippen MR) is 95.9 cm³/mol. The summed E-state index contributed by atoms with van der Waals surface area (Å²) >= 11 is 1.94. The van der Waals surface area contributed by atoms with Crippen LogP contribution in [0.5, 0.6) is 0 Å². The van der Waals surface area contributed by atoms with Gasteiger partial charge in [-0.05, 0) is 48.4 Å². The fourth-order valence-corrected chi connectivity index (χ4v) is 5.03. The third kappa shape index (κ3) is 2.13. The van der Waals surface area contributed by atoms with Gasteiger partial charge in [0.15, 0.2) is 0 Å². The minimum atomic E-state index is 0.450. The number of fused-ring (bicyclic) bond motifs is 3. The fourth-order valence-electron chi connectivity index (χ4n) is 4.03. The van der Waals surface area contributed by atoms with Gasteiger partial charge in [-0.2, -0.15) is 0 Å². The summed E-state index contributed by atoms with van der Waals surface area (Å²) in [6, 6.07) is 11.9. The molecule has 1 aromatic heterocycles. The molecule has 0 radical (unpaired) electrons. The molecule has 3 unspecified atom stereocenters. The average Bonchev–Trinajstić information content (AvgIpc) is 3.14. The third-order valence-electron chi connectivity index (χ3n) is 5.12. The Morgan fingerprint density at radius 2 is 2.05 bits per heavy atom. The topological polar surface area (TPSA) is 12.0 Å². The van der Waals surface area contributed by atoms with Gasteiger partial charge in [-0.1, -0.05) is 44.2 Å². The lowest BCUT2D eigenvalue weighted by Gasteiger charge is -2.38. The molecular weight excluding hydrogens is 286 g/mol. The highest BCUT2D eigenvalue weighted by atomic mass is 32.1. The summed E-state index contributed by atoms with van der Waals surface area (Å²) in [7, 11) is 0. The molecule has 2 aliphatic rings. The molecule has 1 aliphatic heterocycles. The lowest BCUT2D eigenvalue weighted by molar-refractivity contribution is 0.429. The SMILES string of the molecule is Cc1ccc(C2Nc3c(C(C)C)cccc3C3C=CCC32)s1. The van der Waals surface area contributed by atoms with Crippen molar-refractivity contribution in [2.24, 2.45) is 5.92 Å². The van der Waals surface area contributed by atoms with Crippen molar-refractivity contribution in [2.45, 2.75) is 45.1 Å². The molecule has 2 aromatic rings. The molecule has 0 amide bonds. The molecule has 114 valence electrons. The van der Waals surface area contributed by atoms with E-state index in [-0.39, 0.29) is 0 Å². The summed E-state index contributed by atoms with van der Waals surface area (Å²) in [6.45, 7) is 6.78. The molecule has 0 saturated carbocycles. The number of allylic oxidation sites excluding steroid dienone is 2. The quantitative estimate of drug-likeness (QED) is 0.670. The van der Waals surface area contributed by atoms with E-state index in [0.29, 0.717) is 23.8 Å². The van der Waals surface area contributed by atoms with Crippen LogP contribution in [0.1, 0.15) is 59.0 Å². The Morgan fingerprint density at radius 1 is 1.18 bits per heavy atom. The number of nitrogens with one attached hydrogen (secondary N) is 1. The molecule has 0 spiro atoms. The molecule has 2 heterocycles. The van der Waals surface area contributed by atoms with Crippen LogP contribution in [0.25, 0.3) is 0 Å². The third-order valence-corrected chi connectivity index (χ3v) is 6.20. The van der Waals surface area contributed by atoms with Gasteiger partial charge in [0.2, 0.25) is 0 Å². The zero-order valence-corrected chi connectivity index (χ0v) is 14.3. The molecular formula is C20H23NS. The number of anilines is 1. The summed E-state index contributed by atoms with van der Waals surface area (Å²) in [5.74, 6) is 1.78. The molecule has 1 N–H and O–H groups in total. The summed E-state index contributed by atoms with van der Waals surface area (Å²) in [4.78, 5) is 2.89. The molecule has 2 heteroatoms. The van der Waals surface area contributed by atoms with Crippen molar-refractivity contribution in [3.05, 3.63) is 63.4 Å². The average molecular weight is 309 g/mol. The van der Waals surface area contributed by atoms with Gasteiger partial charge in [-0.3, -0.25) is 0 Å². The van der Waals surface area contributed by atoms with E-state index in [1.54, 1.807) is 0 Å². The molecule has 0 saturated heterocycles. The van der Waals surface area contributed by atoms with Gasteiger partial charge in [0, 0.05) is 21.4 Å². The van der Waals surface area contributed by atoms with E-state index < -0.39 is 0 Å². The van der Waals surface area contributed by atoms with Crippen LogP contribution in [-0.2, 0) is 0 Å². The highest BCUT2D eigenvalue weighted by molar-refractivity contribution is 7.12. The molecule has 1 nitrogen and oxygen atoms in total. The standard InChI is InChI=1S/C20H23NS/c1-12(2)14-6-4-8-16-15-7-5-9-17(15)20(21-19(14)16)18-11-10-13(3)22-18/h4-8,10-12,15,17,20-21H,9H2,1-3H3. The highest BCUT2D eigenvalue weighted by Gasteiger charge is 2.39. The van der Waals surface area contributed by atoms with E-state index >= 15 is 0 Å². The number of para-hydroxylation sites is 1. The van der Waals surface area contributed by atoms with E-state index in [1.165, 1.54) is 33.0 Å². The van der Waals surface area contributed by atoms with Crippen molar-refractivity contribution >= 4 is 17.0 Å². The number of rotatable bonds is 2. The van der Waals surface area contributed by atoms with Crippen LogP contribution in [0.4, 0.5) is 5.69 Å². The normalized spacial score (nSPS) is 25.9. The van der Waals surface area contributed by atoms with Gasteiger partial charge in [0.25, 0.3) is 0 Å². The van der Waals surface area contributed by atoms with E-state index in [4.69, 9.17) is 0 Å². The molecule has 0 bridgehead atoms. The first-order valence-corrected chi connectivity index (χ1v) is 9.09. The van der Waals surface area contributed by atoms with Crippen molar-refractivity contribution in [2.75, 3.05) is 5.32 Å². The number of thiophene rings is 1. The monoisotopic (exact) mass is 309 g/mol. The largest absolute Gasteiger partial charge is 0.377 e. The lowest BCUT2D eigenvalue weighted by atomic mass is 9.77. The predicted octanol–water partition coefficient (Wildman–Crippen LogP) is 6.01. The maximum Gasteiger partial charge on any atom is 0.0646 e. The summed E-state index contributed by atoms with van der Waals surface area (Å²) in [5, 5.41) is 3.92. The Kier molecular flexibility index (Phi) is 3.37. The summed E-state index contributed by atoms with van der Waals surface area (Å²) in [5.41, 5.74) is 4.34. The molecule has 22 heavy (non-hydrogen) atoms. The van der Waals surface area contributed by atoms with Crippen LogP contribution in [-0.4, -0.2) is 0 Å². The van der Waals surface area contributed by atoms with Crippen molar-refractivity contribution in [1.29, 1.82) is 0 Å². The van der Waals surface area contributed by atoms with Crippen molar-refractivity contribution in [1.82, 2.24) is 0 Å². The van der Waals surface area contributed by atoms with E-state index in [2.05, 4.69) is 68.6 Å². The Balaban J connectivity index is 1.83. The molecule has 4 rings (SSSR count). The first kappa shape index (κ1) is 14.1. The van der Waals surface area contributed by atoms with Crippen LogP contribution < -0.4 is 5.32 Å². The Labute approximate surface area is 137 Å². The van der Waals surface area contributed by atoms with Gasteiger partial charge >= 0.3 is 0 Å². The number of hydrogen-bond donors (Lipinski definition) is 1. The van der Waals surface area contributed by atoms with E-state index in [0.717, 1.165) is 0 Å². The van der Waals surface area contributed by atoms with Gasteiger partial charge < -0.3 is 5.32 Å². The van der Waals surface area contributed by atoms with Crippen molar-refractivity contribution in [3.63, 3.8) is 0 Å². The molecule has 0 fully saturated rings. The first-order valence-electron chi connectivity index (χ1n) is 8.27. The zero-order valence-electron chi connectivity index (χ0n) is 13.5. The van der Waals surface area contributed by atoms with E-state index in [9.17, 15) is 0 Å². The van der Waals surface area contributed by atoms with Gasteiger partial charge in [-0.15, -0.1) is 11.3 Å². The Hall–Kier alpha value is -1.54. The number of hydrogen-bond acceptors (Lipinski definition) is 2. The number of aryl methyl sites for hydroxylation is 1. The van der Waals surface area contributed by atoms with Crippen LogP contribution in [0.2, 0.25) is 0 Å². The second-order valence-electron chi connectivity index (χ2n) is 6.89. The van der Waals surface area contributed by atoms with E-state index in [1.807, 2.05) is 11.3 Å². The molecule has 1 aliphatic carbocycles. The lowest BCUT2D eigenvalue weighted by Crippen LogP contribution is -2.29. The van der Waals surface area contributed by atoms with Gasteiger partial charge in [-0.25, -0.2) is 0 Å². The first-order chi connectivity index (χ1) is 10.6. The van der Waals surface area contributed by atoms with Crippen LogP contribution >= 0.6 is 11.3 Å². The second kappa shape index (κ2) is 5.27. The summed E-state index contributed by atoms with van der Waals surface area (Å²) in [6.07, 6.45) is 5.99. The number of benzene rings is 1. The minimum absolute atomic E-state index is 0.450. The Bertz CT molecular complexity index is 725. The van der Waals surface area contributed by atoms with Gasteiger partial charge in [0.05, 0.1) is 6.04 Å². The zero-order chi connectivity index (χ0) is 15.3. The van der Waals surface area contributed by atoms with Crippen molar-refractivity contribution < 1.29 is 0 Å². The second-order valence-corrected chi connectivity index (χ2v) is 8.21. The van der Waals surface area contributed by atoms with Crippen LogP contribution in [0, 0.1) is 12.8 Å². The molecule has 3 atom stereocenters. The van der Waals surface area contributed by atoms with Crippen molar-refractivity contribution in [3.8, 4) is 0 Å². The Morgan fingerprint density at radius 3 is 2.77 bits per heavy atom. The highest BCUT2D eigenvalue weighted by Crippen LogP contribution is 2.52.